The average molecular weight is 228 g/mol. The van der Waals surface area contributed by atoms with Gasteiger partial charge in [-0.25, -0.2) is 0 Å². The van der Waals surface area contributed by atoms with Crippen LogP contribution in [0.2, 0.25) is 17.6 Å². The zero-order valence-corrected chi connectivity index (χ0v) is 12.0. The van der Waals surface area contributed by atoms with Crippen LogP contribution in [0.15, 0.2) is 0 Å². The van der Waals surface area contributed by atoms with Crippen LogP contribution in [0.3, 0.4) is 0 Å². The first-order valence-electron chi connectivity index (χ1n) is 6.82. The summed E-state index contributed by atoms with van der Waals surface area (Å²) in [5, 5.41) is 0. The summed E-state index contributed by atoms with van der Waals surface area (Å²) in [6, 6.07) is 2.58. The van der Waals surface area contributed by atoms with E-state index in [4.69, 9.17) is 4.43 Å². The number of rotatable bonds is 5. The van der Waals surface area contributed by atoms with E-state index >= 15 is 0 Å². The van der Waals surface area contributed by atoms with Gasteiger partial charge in [-0.05, 0) is 30.5 Å². The summed E-state index contributed by atoms with van der Waals surface area (Å²) in [5.41, 5.74) is 0.773. The van der Waals surface area contributed by atoms with Crippen LogP contribution in [-0.4, -0.2) is 14.4 Å². The Bertz CT molecular complexity index is 169. The van der Waals surface area contributed by atoms with E-state index in [-0.39, 0.29) is 0 Å². The number of hydrogen-bond donors (Lipinski definition) is 0. The second kappa shape index (κ2) is 6.05. The van der Waals surface area contributed by atoms with Crippen molar-refractivity contribution in [3.63, 3.8) is 0 Å². The fourth-order valence-electron chi connectivity index (χ4n) is 2.88. The van der Waals surface area contributed by atoms with Crippen LogP contribution in [-0.2, 0) is 4.43 Å². The fraction of sp³-hybridized carbons (Fsp3) is 1.00. The van der Waals surface area contributed by atoms with Gasteiger partial charge in [-0.1, -0.05) is 47.0 Å². The highest BCUT2D eigenvalue weighted by atomic mass is 28.4. The van der Waals surface area contributed by atoms with Crippen molar-refractivity contribution in [3.8, 4) is 0 Å². The van der Waals surface area contributed by atoms with Gasteiger partial charge >= 0.3 is 0 Å². The molecule has 0 aromatic heterocycles. The highest BCUT2D eigenvalue weighted by molar-refractivity contribution is 6.75. The Hall–Kier alpha value is 0.177. The third kappa shape index (κ3) is 3.32. The van der Waals surface area contributed by atoms with Gasteiger partial charge in [0, 0.05) is 6.10 Å². The third-order valence-electron chi connectivity index (χ3n) is 4.20. The molecule has 0 spiro atoms. The van der Waals surface area contributed by atoms with E-state index in [1.165, 1.54) is 44.2 Å². The molecule has 0 aromatic rings. The van der Waals surface area contributed by atoms with Crippen molar-refractivity contribution in [3.05, 3.63) is 0 Å². The molecule has 1 fully saturated rings. The van der Waals surface area contributed by atoms with E-state index in [0.717, 1.165) is 5.54 Å². The molecule has 15 heavy (non-hydrogen) atoms. The molecule has 0 bridgehead atoms. The normalized spacial score (nSPS) is 19.8. The highest BCUT2D eigenvalue weighted by Crippen LogP contribution is 2.34. The first kappa shape index (κ1) is 13.2. The van der Waals surface area contributed by atoms with Gasteiger partial charge in [-0.2, -0.15) is 0 Å². The molecule has 1 aliphatic rings. The summed E-state index contributed by atoms with van der Waals surface area (Å²) in [5.74, 6) is 0. The average Bonchev–Trinajstić information content (AvgIpc) is 2.27. The fourth-order valence-corrected chi connectivity index (χ4v) is 6.52. The SMILES string of the molecule is CC[Si](CC)(OC1CCCCC1)C(C)C. The predicted octanol–water partition coefficient (Wildman–Crippen LogP) is 4.73. The lowest BCUT2D eigenvalue weighted by Crippen LogP contribution is -2.44. The molecule has 1 nitrogen and oxygen atoms in total. The van der Waals surface area contributed by atoms with Gasteiger partial charge in [-0.3, -0.25) is 0 Å². The lowest BCUT2D eigenvalue weighted by molar-refractivity contribution is 0.139. The van der Waals surface area contributed by atoms with Gasteiger partial charge in [0.05, 0.1) is 0 Å². The van der Waals surface area contributed by atoms with E-state index in [9.17, 15) is 0 Å². The van der Waals surface area contributed by atoms with Crippen LogP contribution in [0.4, 0.5) is 0 Å². The smallest absolute Gasteiger partial charge is 0.195 e. The molecular formula is C13H28OSi. The molecule has 1 rings (SSSR count). The first-order valence-corrected chi connectivity index (χ1v) is 9.22. The largest absolute Gasteiger partial charge is 0.414 e. The van der Waals surface area contributed by atoms with Crippen molar-refractivity contribution < 1.29 is 4.43 Å². The maximum atomic E-state index is 6.58. The van der Waals surface area contributed by atoms with Crippen LogP contribution >= 0.6 is 0 Å². The second-order valence-electron chi connectivity index (χ2n) is 5.30. The minimum atomic E-state index is -1.41. The molecular weight excluding hydrogens is 200 g/mol. The molecule has 90 valence electrons. The van der Waals surface area contributed by atoms with Crippen LogP contribution in [0.1, 0.15) is 59.8 Å². The molecule has 0 heterocycles. The maximum Gasteiger partial charge on any atom is 0.195 e. The van der Waals surface area contributed by atoms with Crippen molar-refractivity contribution in [1.82, 2.24) is 0 Å². The maximum absolute atomic E-state index is 6.58. The van der Waals surface area contributed by atoms with Gasteiger partial charge in [0.2, 0.25) is 0 Å². The first-order chi connectivity index (χ1) is 7.14. The molecule has 0 aromatic carbocycles. The summed E-state index contributed by atoms with van der Waals surface area (Å²) < 4.78 is 6.58. The van der Waals surface area contributed by atoms with E-state index in [1.807, 2.05) is 0 Å². The number of hydrogen-bond acceptors (Lipinski definition) is 1. The topological polar surface area (TPSA) is 9.23 Å². The Balaban J connectivity index is 2.56. The van der Waals surface area contributed by atoms with Crippen LogP contribution < -0.4 is 0 Å². The van der Waals surface area contributed by atoms with Gasteiger partial charge in [0.1, 0.15) is 0 Å². The Labute approximate surface area is 96.7 Å². The van der Waals surface area contributed by atoms with Crippen molar-refractivity contribution >= 4 is 8.32 Å². The van der Waals surface area contributed by atoms with E-state index < -0.39 is 8.32 Å². The molecule has 0 radical (unpaired) electrons. The van der Waals surface area contributed by atoms with Crippen molar-refractivity contribution in [2.45, 2.75) is 83.5 Å². The minimum Gasteiger partial charge on any atom is -0.414 e. The van der Waals surface area contributed by atoms with Gasteiger partial charge < -0.3 is 4.43 Å². The molecule has 0 saturated heterocycles. The quantitative estimate of drug-likeness (QED) is 0.618. The molecule has 0 amide bonds. The van der Waals surface area contributed by atoms with Gasteiger partial charge in [0.25, 0.3) is 0 Å². The van der Waals surface area contributed by atoms with Crippen molar-refractivity contribution in [2.75, 3.05) is 0 Å². The zero-order valence-electron chi connectivity index (χ0n) is 11.0. The van der Waals surface area contributed by atoms with E-state index in [2.05, 4.69) is 27.7 Å². The Morgan fingerprint density at radius 2 is 1.60 bits per heavy atom. The summed E-state index contributed by atoms with van der Waals surface area (Å²) >= 11 is 0. The summed E-state index contributed by atoms with van der Waals surface area (Å²) in [4.78, 5) is 0. The van der Waals surface area contributed by atoms with Crippen LogP contribution in [0.5, 0.6) is 0 Å². The minimum absolute atomic E-state index is 0.604. The molecule has 0 aliphatic heterocycles. The lowest BCUT2D eigenvalue weighted by atomic mass is 9.98. The van der Waals surface area contributed by atoms with Crippen molar-refractivity contribution in [1.29, 1.82) is 0 Å². The predicted molar refractivity (Wildman–Crippen MR) is 69.8 cm³/mol. The summed E-state index contributed by atoms with van der Waals surface area (Å²) in [6.07, 6.45) is 7.45. The van der Waals surface area contributed by atoms with E-state index in [1.54, 1.807) is 0 Å². The Kier molecular flexibility index (Phi) is 5.34. The molecule has 1 aliphatic carbocycles. The summed E-state index contributed by atoms with van der Waals surface area (Å²) in [7, 11) is -1.41. The Morgan fingerprint density at radius 1 is 1.07 bits per heavy atom. The zero-order chi connectivity index (χ0) is 11.3. The molecule has 2 heteroatoms. The van der Waals surface area contributed by atoms with E-state index in [0.29, 0.717) is 6.10 Å². The standard InChI is InChI=1S/C13H28OSi/c1-5-15(6-2,12(3)4)14-13-10-8-7-9-11-13/h12-13H,5-11H2,1-4H3. The van der Waals surface area contributed by atoms with Gasteiger partial charge in [0.15, 0.2) is 8.32 Å². The second-order valence-corrected chi connectivity index (χ2v) is 10.2. The lowest BCUT2D eigenvalue weighted by Gasteiger charge is -2.38. The van der Waals surface area contributed by atoms with Crippen LogP contribution in [0, 0.1) is 0 Å². The van der Waals surface area contributed by atoms with Crippen molar-refractivity contribution in [2.24, 2.45) is 0 Å². The monoisotopic (exact) mass is 228 g/mol. The molecule has 0 N–H and O–H groups in total. The third-order valence-corrected chi connectivity index (χ3v) is 9.50. The highest BCUT2D eigenvalue weighted by Gasteiger charge is 2.37. The molecule has 1 saturated carbocycles. The van der Waals surface area contributed by atoms with Gasteiger partial charge in [-0.15, -0.1) is 0 Å². The van der Waals surface area contributed by atoms with Crippen LogP contribution in [0.25, 0.3) is 0 Å². The molecule has 0 unspecified atom stereocenters. The summed E-state index contributed by atoms with van der Waals surface area (Å²) in [6.45, 7) is 9.39. The molecule has 0 atom stereocenters. The Morgan fingerprint density at radius 3 is 2.00 bits per heavy atom.